The van der Waals surface area contributed by atoms with Crippen molar-refractivity contribution in [3.05, 3.63) is 23.2 Å². The normalized spacial score (nSPS) is 15.3. The van der Waals surface area contributed by atoms with Gasteiger partial charge in [0.15, 0.2) is 5.75 Å². The number of hydrogen-bond acceptors (Lipinski definition) is 5. The average Bonchev–Trinajstić information content (AvgIpc) is 2.66. The third-order valence-corrected chi connectivity index (χ3v) is 5.58. The summed E-state index contributed by atoms with van der Waals surface area (Å²) in [5.41, 5.74) is 0.455. The fourth-order valence-corrected chi connectivity index (χ4v) is 3.92. The lowest BCUT2D eigenvalue weighted by molar-refractivity contribution is 0.145. The molecule has 3 N–H and O–H groups in total. The molecule has 1 aliphatic rings. The van der Waals surface area contributed by atoms with E-state index in [4.69, 9.17) is 16.7 Å². The number of urea groups is 1. The molecule has 0 atom stereocenters. The summed E-state index contributed by atoms with van der Waals surface area (Å²) < 4.78 is 26.5. The number of nitrogens with zero attached hydrogens (tertiary/aromatic N) is 2. The first kappa shape index (κ1) is 23.7. The zero-order valence-electron chi connectivity index (χ0n) is 16.9. The molecule has 2 amide bonds. The van der Waals surface area contributed by atoms with Crippen molar-refractivity contribution in [3.63, 3.8) is 0 Å². The molecule has 0 saturated carbocycles. The van der Waals surface area contributed by atoms with Crippen molar-refractivity contribution in [3.8, 4) is 5.75 Å². The predicted molar refractivity (Wildman–Crippen MR) is 116 cm³/mol. The Hall–Kier alpha value is -1.55. The van der Waals surface area contributed by atoms with Crippen molar-refractivity contribution in [1.82, 2.24) is 9.80 Å². The molecule has 0 radical (unpaired) electrons. The van der Waals surface area contributed by atoms with Gasteiger partial charge in [-0.3, -0.25) is 4.90 Å². The van der Waals surface area contributed by atoms with Crippen LogP contribution in [-0.4, -0.2) is 57.0 Å². The number of benzene rings is 1. The standard InChI is InChI=1S/C19H31ClN4O4S/c1-2-3-4-5-6-7-10-23-11-13-24(14-12-23)19(25)22-16-8-9-18(17(20)15-16)28-29(21,26)27/h8-9,15H,2-7,10-14H2,1H3,(H,22,25)(H2,21,26,27). The lowest BCUT2D eigenvalue weighted by Gasteiger charge is -2.34. The Morgan fingerprint density at radius 3 is 2.41 bits per heavy atom. The summed E-state index contributed by atoms with van der Waals surface area (Å²) in [4.78, 5) is 16.6. The molecule has 0 spiro atoms. The second-order valence-corrected chi connectivity index (χ2v) is 8.81. The van der Waals surface area contributed by atoms with Crippen LogP contribution in [0.15, 0.2) is 18.2 Å². The van der Waals surface area contributed by atoms with E-state index in [-0.39, 0.29) is 16.8 Å². The topological polar surface area (TPSA) is 105 Å². The molecule has 1 aliphatic heterocycles. The van der Waals surface area contributed by atoms with Gasteiger partial charge in [0.1, 0.15) is 0 Å². The van der Waals surface area contributed by atoms with Crippen molar-refractivity contribution in [2.45, 2.75) is 45.4 Å². The van der Waals surface area contributed by atoms with E-state index < -0.39 is 10.3 Å². The summed E-state index contributed by atoms with van der Waals surface area (Å²) in [7, 11) is -4.16. The molecule has 2 rings (SSSR count). The molecule has 0 bridgehead atoms. The molecule has 8 nitrogen and oxygen atoms in total. The fourth-order valence-electron chi connectivity index (χ4n) is 3.26. The maximum atomic E-state index is 12.5. The van der Waals surface area contributed by atoms with Gasteiger partial charge < -0.3 is 14.4 Å². The quantitative estimate of drug-likeness (QED) is 0.535. The first-order chi connectivity index (χ1) is 13.8. The van der Waals surface area contributed by atoms with Gasteiger partial charge >= 0.3 is 16.3 Å². The number of rotatable bonds is 10. The minimum atomic E-state index is -4.16. The first-order valence-corrected chi connectivity index (χ1v) is 11.9. The highest BCUT2D eigenvalue weighted by Crippen LogP contribution is 2.28. The number of nitrogens with one attached hydrogen (secondary N) is 1. The van der Waals surface area contributed by atoms with Crippen LogP contribution in [0.5, 0.6) is 5.75 Å². The number of halogens is 1. The van der Waals surface area contributed by atoms with Crippen LogP contribution in [0.3, 0.4) is 0 Å². The van der Waals surface area contributed by atoms with E-state index >= 15 is 0 Å². The number of piperazine rings is 1. The Labute approximate surface area is 178 Å². The SMILES string of the molecule is CCCCCCCCN1CCN(C(=O)Nc2ccc(OS(N)(=O)=O)c(Cl)c2)CC1. The molecule has 1 heterocycles. The van der Waals surface area contributed by atoms with Crippen molar-refractivity contribution >= 4 is 33.6 Å². The van der Waals surface area contributed by atoms with Crippen LogP contribution < -0.4 is 14.6 Å². The van der Waals surface area contributed by atoms with Crippen LogP contribution in [-0.2, 0) is 10.3 Å². The smallest absolute Gasteiger partial charge is 0.369 e. The third kappa shape index (κ3) is 8.77. The van der Waals surface area contributed by atoms with Crippen LogP contribution >= 0.6 is 11.6 Å². The largest absolute Gasteiger partial charge is 0.380 e. The number of carbonyl (C=O) groups excluding carboxylic acids is 1. The molecule has 29 heavy (non-hydrogen) atoms. The van der Waals surface area contributed by atoms with Gasteiger partial charge in [-0.05, 0) is 31.2 Å². The lowest BCUT2D eigenvalue weighted by atomic mass is 10.1. The third-order valence-electron chi connectivity index (χ3n) is 4.88. The van der Waals surface area contributed by atoms with Gasteiger partial charge in [-0.2, -0.15) is 13.6 Å². The molecule has 0 aliphatic carbocycles. The minimum absolute atomic E-state index is 0.0422. The van der Waals surface area contributed by atoms with Crippen molar-refractivity contribution in [2.24, 2.45) is 5.14 Å². The van der Waals surface area contributed by atoms with Crippen LogP contribution in [0.25, 0.3) is 0 Å². The Balaban J connectivity index is 1.73. The Morgan fingerprint density at radius 2 is 1.79 bits per heavy atom. The molecule has 1 fully saturated rings. The van der Waals surface area contributed by atoms with Crippen molar-refractivity contribution in [1.29, 1.82) is 0 Å². The Kier molecular flexibility index (Phi) is 9.48. The van der Waals surface area contributed by atoms with Gasteiger partial charge in [-0.25, -0.2) is 4.79 Å². The molecule has 10 heteroatoms. The van der Waals surface area contributed by atoms with Gasteiger partial charge in [0.2, 0.25) is 0 Å². The number of hydrogen-bond donors (Lipinski definition) is 2. The van der Waals surface area contributed by atoms with Gasteiger partial charge in [-0.1, -0.05) is 50.6 Å². The van der Waals surface area contributed by atoms with E-state index in [2.05, 4.69) is 21.3 Å². The van der Waals surface area contributed by atoms with E-state index in [0.717, 1.165) is 19.6 Å². The van der Waals surface area contributed by atoms with Crippen LogP contribution in [0.4, 0.5) is 10.5 Å². The number of unbranched alkanes of at least 4 members (excludes halogenated alkanes) is 5. The van der Waals surface area contributed by atoms with Gasteiger partial charge in [0, 0.05) is 31.9 Å². The van der Waals surface area contributed by atoms with Crippen molar-refractivity contribution < 1.29 is 17.4 Å². The van der Waals surface area contributed by atoms with E-state index in [1.165, 1.54) is 56.7 Å². The zero-order valence-corrected chi connectivity index (χ0v) is 18.5. The maximum Gasteiger partial charge on any atom is 0.380 e. The summed E-state index contributed by atoms with van der Waals surface area (Å²) in [6, 6.07) is 4.08. The zero-order chi connectivity index (χ0) is 21.3. The minimum Gasteiger partial charge on any atom is -0.369 e. The van der Waals surface area contributed by atoms with E-state index in [1.807, 2.05) is 0 Å². The Bertz CT molecular complexity index is 767. The van der Waals surface area contributed by atoms with E-state index in [9.17, 15) is 13.2 Å². The highest BCUT2D eigenvalue weighted by atomic mass is 35.5. The van der Waals surface area contributed by atoms with Crippen LogP contribution in [0.2, 0.25) is 5.02 Å². The van der Waals surface area contributed by atoms with Crippen LogP contribution in [0, 0.1) is 0 Å². The molecule has 0 aromatic heterocycles. The van der Waals surface area contributed by atoms with Crippen molar-refractivity contribution in [2.75, 3.05) is 38.0 Å². The summed E-state index contributed by atoms with van der Waals surface area (Å²) in [5, 5.41) is 7.65. The average molecular weight is 447 g/mol. The molecule has 0 unspecified atom stereocenters. The first-order valence-electron chi connectivity index (χ1n) is 10.1. The van der Waals surface area contributed by atoms with E-state index in [1.54, 1.807) is 4.90 Å². The maximum absolute atomic E-state index is 12.5. The molecular weight excluding hydrogens is 416 g/mol. The highest BCUT2D eigenvalue weighted by Gasteiger charge is 2.21. The highest BCUT2D eigenvalue weighted by molar-refractivity contribution is 7.84. The summed E-state index contributed by atoms with van der Waals surface area (Å²) in [6.07, 6.45) is 7.70. The van der Waals surface area contributed by atoms with Crippen LogP contribution in [0.1, 0.15) is 45.4 Å². The predicted octanol–water partition coefficient (Wildman–Crippen LogP) is 3.43. The second kappa shape index (κ2) is 11.6. The summed E-state index contributed by atoms with van der Waals surface area (Å²) in [6.45, 7) is 6.38. The van der Waals surface area contributed by atoms with Gasteiger partial charge in [-0.15, -0.1) is 0 Å². The second-order valence-electron chi connectivity index (χ2n) is 7.25. The summed E-state index contributed by atoms with van der Waals surface area (Å²) in [5.74, 6) is -0.0875. The number of nitrogens with two attached hydrogens (primary N) is 1. The number of amides is 2. The number of anilines is 1. The lowest BCUT2D eigenvalue weighted by Crippen LogP contribution is -2.50. The molecule has 164 valence electrons. The van der Waals surface area contributed by atoms with E-state index in [0.29, 0.717) is 18.8 Å². The molecular formula is C19H31ClN4O4S. The molecule has 1 aromatic rings. The molecule has 1 aromatic carbocycles. The Morgan fingerprint density at radius 1 is 1.14 bits per heavy atom. The number of carbonyl (C=O) groups is 1. The summed E-state index contributed by atoms with van der Waals surface area (Å²) >= 11 is 6.00. The van der Waals surface area contributed by atoms with Gasteiger partial charge in [0.05, 0.1) is 5.02 Å². The van der Waals surface area contributed by atoms with Gasteiger partial charge in [0.25, 0.3) is 0 Å². The fraction of sp³-hybridized carbons (Fsp3) is 0.632. The molecule has 1 saturated heterocycles. The monoisotopic (exact) mass is 446 g/mol.